The predicted octanol–water partition coefficient (Wildman–Crippen LogP) is 2.00. The number of amides is 1. The Morgan fingerprint density at radius 1 is 1.09 bits per heavy atom. The number of carbonyl (C=O) groups excluding carboxylic acids is 1. The molecule has 0 saturated carbocycles. The third kappa shape index (κ3) is 2.73. The summed E-state index contributed by atoms with van der Waals surface area (Å²) in [6.07, 6.45) is 1.15. The average molecular weight is 310 g/mol. The van der Waals surface area contributed by atoms with Gasteiger partial charge in [0.2, 0.25) is 0 Å². The van der Waals surface area contributed by atoms with Crippen LogP contribution in [0.5, 0.6) is 0 Å². The van der Waals surface area contributed by atoms with E-state index < -0.39 is 0 Å². The second kappa shape index (κ2) is 5.75. The highest BCUT2D eigenvalue weighted by molar-refractivity contribution is 6.11. The summed E-state index contributed by atoms with van der Waals surface area (Å²) in [5.41, 5.74) is 1.30. The predicted molar refractivity (Wildman–Crippen MR) is 85.8 cm³/mol. The number of nitrogens with zero attached hydrogens (tertiary/aromatic N) is 6. The summed E-state index contributed by atoms with van der Waals surface area (Å²) in [5.74, 6) is 0.921. The molecule has 0 spiro atoms. The lowest BCUT2D eigenvalue weighted by Crippen LogP contribution is -2.29. The molecule has 7 heteroatoms. The van der Waals surface area contributed by atoms with Crippen LogP contribution in [0.1, 0.15) is 22.6 Å². The molecule has 1 saturated heterocycles. The topological polar surface area (TPSA) is 74.1 Å². The summed E-state index contributed by atoms with van der Waals surface area (Å²) in [4.78, 5) is 25.7. The third-order valence-electron chi connectivity index (χ3n) is 4.39. The molecule has 3 heterocycles. The van der Waals surface area contributed by atoms with Crippen LogP contribution in [0.3, 0.4) is 0 Å². The Bertz CT molecular complexity index is 803. The molecule has 4 rings (SSSR count). The number of carbonyl (C=O) groups is 1. The van der Waals surface area contributed by atoms with Gasteiger partial charge >= 0.3 is 0 Å². The second-order valence-corrected chi connectivity index (χ2v) is 6.10. The maximum absolute atomic E-state index is 11.8. The molecule has 0 aliphatic carbocycles. The molecule has 1 aromatic heterocycles. The molecule has 1 aromatic carbocycles. The van der Waals surface area contributed by atoms with Gasteiger partial charge in [-0.15, -0.1) is 10.2 Å². The van der Waals surface area contributed by atoms with Crippen LogP contribution in [0.15, 0.2) is 28.4 Å². The number of rotatable bonds is 2. The van der Waals surface area contributed by atoms with E-state index in [9.17, 15) is 4.79 Å². The Morgan fingerprint density at radius 3 is 2.91 bits per heavy atom. The van der Waals surface area contributed by atoms with E-state index in [0.717, 1.165) is 43.9 Å². The van der Waals surface area contributed by atoms with Gasteiger partial charge in [0, 0.05) is 13.1 Å². The molecule has 23 heavy (non-hydrogen) atoms. The number of benzene rings is 1. The Hall–Kier alpha value is -2.25. The maximum Gasteiger partial charge on any atom is 0.296 e. The van der Waals surface area contributed by atoms with Crippen molar-refractivity contribution < 1.29 is 4.79 Å². The SMILES string of the molecule is CN1CCCN(Cc2nc3c4c(cccc4n2)C(=O)N=N3)CC1. The van der Waals surface area contributed by atoms with Crippen molar-refractivity contribution in [3.63, 3.8) is 0 Å². The maximum atomic E-state index is 11.8. The Balaban J connectivity index is 1.67. The van der Waals surface area contributed by atoms with Crippen LogP contribution < -0.4 is 0 Å². The Labute approximate surface area is 134 Å². The highest BCUT2D eigenvalue weighted by Crippen LogP contribution is 2.31. The molecule has 1 amide bonds. The average Bonchev–Trinajstić information content (AvgIpc) is 2.75. The molecule has 7 nitrogen and oxygen atoms in total. The van der Waals surface area contributed by atoms with E-state index in [0.29, 0.717) is 23.3 Å². The van der Waals surface area contributed by atoms with Gasteiger partial charge in [-0.3, -0.25) is 9.69 Å². The van der Waals surface area contributed by atoms with E-state index in [1.54, 1.807) is 6.07 Å². The molecule has 0 radical (unpaired) electrons. The summed E-state index contributed by atoms with van der Waals surface area (Å²) < 4.78 is 0. The van der Waals surface area contributed by atoms with Crippen molar-refractivity contribution in [3.05, 3.63) is 29.6 Å². The monoisotopic (exact) mass is 310 g/mol. The summed E-state index contributed by atoms with van der Waals surface area (Å²) in [7, 11) is 2.15. The van der Waals surface area contributed by atoms with Gasteiger partial charge in [-0.1, -0.05) is 6.07 Å². The molecule has 2 aliphatic rings. The number of likely N-dealkylation sites (N-methyl/N-ethyl adjacent to an activating group) is 1. The minimum atomic E-state index is -0.324. The van der Waals surface area contributed by atoms with Gasteiger partial charge in [-0.2, -0.15) is 0 Å². The first-order chi connectivity index (χ1) is 11.2. The van der Waals surface area contributed by atoms with Crippen LogP contribution in [0.2, 0.25) is 0 Å². The van der Waals surface area contributed by atoms with Crippen LogP contribution in [0.4, 0.5) is 5.82 Å². The van der Waals surface area contributed by atoms with Crippen molar-refractivity contribution in [1.29, 1.82) is 0 Å². The van der Waals surface area contributed by atoms with Gasteiger partial charge in [-0.05, 0) is 38.7 Å². The van der Waals surface area contributed by atoms with E-state index >= 15 is 0 Å². The van der Waals surface area contributed by atoms with Crippen molar-refractivity contribution in [1.82, 2.24) is 19.8 Å². The quantitative estimate of drug-likeness (QED) is 0.848. The van der Waals surface area contributed by atoms with Crippen LogP contribution >= 0.6 is 0 Å². The van der Waals surface area contributed by atoms with Crippen molar-refractivity contribution in [3.8, 4) is 0 Å². The molecule has 0 atom stereocenters. The lowest BCUT2D eigenvalue weighted by Gasteiger charge is -2.19. The zero-order valence-electron chi connectivity index (χ0n) is 13.1. The van der Waals surface area contributed by atoms with Gasteiger partial charge in [0.15, 0.2) is 5.82 Å². The fraction of sp³-hybridized carbons (Fsp3) is 0.438. The van der Waals surface area contributed by atoms with Crippen LogP contribution in [0, 0.1) is 0 Å². The molecule has 1 fully saturated rings. The standard InChI is InChI=1S/C16H18N6O/c1-21-6-3-7-22(9-8-21)10-13-17-12-5-2-4-11-14(12)15(18-13)19-20-16(11)23/h2,4-5H,3,6-10H2,1H3. The molecule has 0 N–H and O–H groups in total. The third-order valence-corrected chi connectivity index (χ3v) is 4.39. The van der Waals surface area contributed by atoms with Crippen molar-refractivity contribution >= 4 is 22.6 Å². The van der Waals surface area contributed by atoms with E-state index in [-0.39, 0.29) is 5.91 Å². The van der Waals surface area contributed by atoms with Crippen molar-refractivity contribution in [2.45, 2.75) is 13.0 Å². The van der Waals surface area contributed by atoms with E-state index in [1.165, 1.54) is 0 Å². The summed E-state index contributed by atoms with van der Waals surface area (Å²) >= 11 is 0. The van der Waals surface area contributed by atoms with Gasteiger partial charge in [-0.25, -0.2) is 9.97 Å². The van der Waals surface area contributed by atoms with E-state index in [2.05, 4.69) is 37.0 Å². The Morgan fingerprint density at radius 2 is 2.00 bits per heavy atom. The minimum Gasteiger partial charge on any atom is -0.305 e. The molecule has 0 unspecified atom stereocenters. The van der Waals surface area contributed by atoms with Crippen LogP contribution in [0.25, 0.3) is 10.9 Å². The van der Waals surface area contributed by atoms with Gasteiger partial charge in [0.25, 0.3) is 5.91 Å². The molecule has 118 valence electrons. The number of hydrogen-bond acceptors (Lipinski definition) is 6. The molecular weight excluding hydrogens is 292 g/mol. The summed E-state index contributed by atoms with van der Waals surface area (Å²) in [6, 6.07) is 5.48. The first-order valence-electron chi connectivity index (χ1n) is 7.87. The lowest BCUT2D eigenvalue weighted by molar-refractivity contribution is 0.0995. The molecule has 0 bridgehead atoms. The van der Waals surface area contributed by atoms with Crippen LogP contribution in [-0.4, -0.2) is 58.9 Å². The summed E-state index contributed by atoms with van der Waals surface area (Å²) in [6.45, 7) is 4.93. The van der Waals surface area contributed by atoms with E-state index in [4.69, 9.17) is 0 Å². The van der Waals surface area contributed by atoms with Crippen molar-refractivity contribution in [2.75, 3.05) is 33.2 Å². The first kappa shape index (κ1) is 14.3. The molecule has 2 aromatic rings. The fourth-order valence-corrected chi connectivity index (χ4v) is 3.14. The number of aromatic nitrogens is 2. The zero-order valence-corrected chi connectivity index (χ0v) is 13.1. The molecular formula is C16H18N6O. The normalized spacial score (nSPS) is 19.3. The minimum absolute atomic E-state index is 0.324. The largest absolute Gasteiger partial charge is 0.305 e. The second-order valence-electron chi connectivity index (χ2n) is 6.10. The fourth-order valence-electron chi connectivity index (χ4n) is 3.14. The highest BCUT2D eigenvalue weighted by Gasteiger charge is 2.21. The first-order valence-corrected chi connectivity index (χ1v) is 7.87. The van der Waals surface area contributed by atoms with E-state index in [1.807, 2.05) is 12.1 Å². The number of hydrogen-bond donors (Lipinski definition) is 0. The van der Waals surface area contributed by atoms with Crippen molar-refractivity contribution in [2.24, 2.45) is 10.2 Å². The summed E-state index contributed by atoms with van der Waals surface area (Å²) in [5, 5.41) is 8.37. The molecule has 2 aliphatic heterocycles. The Kier molecular flexibility index (Phi) is 3.59. The van der Waals surface area contributed by atoms with Gasteiger partial charge in [0.05, 0.1) is 23.0 Å². The smallest absolute Gasteiger partial charge is 0.296 e. The lowest BCUT2D eigenvalue weighted by atomic mass is 10.1. The zero-order chi connectivity index (χ0) is 15.8. The van der Waals surface area contributed by atoms with Crippen LogP contribution in [-0.2, 0) is 6.54 Å². The number of azo groups is 1. The van der Waals surface area contributed by atoms with Gasteiger partial charge < -0.3 is 4.90 Å². The highest BCUT2D eigenvalue weighted by atomic mass is 16.1. The van der Waals surface area contributed by atoms with Gasteiger partial charge in [0.1, 0.15) is 5.82 Å².